The van der Waals surface area contributed by atoms with Crippen molar-refractivity contribution in [3.8, 4) is 0 Å². The second-order valence-electron chi connectivity index (χ2n) is 2.76. The summed E-state index contributed by atoms with van der Waals surface area (Å²) in [6, 6.07) is -0.583. The molecule has 76 valence electrons. The summed E-state index contributed by atoms with van der Waals surface area (Å²) < 4.78 is 0. The molecule has 0 unspecified atom stereocenters. The van der Waals surface area contributed by atoms with Gasteiger partial charge in [-0.25, -0.2) is 4.79 Å². The zero-order chi connectivity index (χ0) is 10.4. The molecule has 0 aromatic heterocycles. The van der Waals surface area contributed by atoms with E-state index in [0.29, 0.717) is 13.1 Å². The number of hydrogen-bond acceptors (Lipinski definition) is 2. The predicted molar refractivity (Wildman–Crippen MR) is 50.1 cm³/mol. The normalized spacial score (nSPS) is 9.46. The number of hydrogen-bond donors (Lipinski definition) is 1. The van der Waals surface area contributed by atoms with Crippen LogP contribution < -0.4 is 5.73 Å². The first-order valence-electron chi connectivity index (χ1n) is 4.31. The summed E-state index contributed by atoms with van der Waals surface area (Å²) in [5.41, 5.74) is 4.98. The van der Waals surface area contributed by atoms with E-state index in [-0.39, 0.29) is 12.5 Å². The predicted octanol–water partition coefficient (Wildman–Crippen LogP) is -0.135. The van der Waals surface area contributed by atoms with E-state index < -0.39 is 6.03 Å². The summed E-state index contributed by atoms with van der Waals surface area (Å²) in [6.07, 6.45) is 0. The highest BCUT2D eigenvalue weighted by Crippen LogP contribution is 1.91. The molecule has 0 fully saturated rings. The number of nitrogens with zero attached hydrogens (tertiary/aromatic N) is 2. The van der Waals surface area contributed by atoms with Crippen molar-refractivity contribution in [3.63, 3.8) is 0 Å². The Kier molecular flexibility index (Phi) is 4.87. The van der Waals surface area contributed by atoms with Crippen LogP contribution in [-0.4, -0.2) is 48.4 Å². The third-order valence-corrected chi connectivity index (χ3v) is 1.86. The number of nitrogens with two attached hydrogens (primary N) is 1. The minimum atomic E-state index is -0.583. The highest BCUT2D eigenvalue weighted by molar-refractivity contribution is 5.83. The molecule has 0 spiro atoms. The molecule has 0 aliphatic heterocycles. The maximum Gasteiger partial charge on any atom is 0.314 e. The van der Waals surface area contributed by atoms with Crippen LogP contribution in [0.25, 0.3) is 0 Å². The van der Waals surface area contributed by atoms with E-state index in [4.69, 9.17) is 5.73 Å². The van der Waals surface area contributed by atoms with Crippen molar-refractivity contribution in [2.24, 2.45) is 5.73 Å². The van der Waals surface area contributed by atoms with E-state index in [2.05, 4.69) is 0 Å². The third kappa shape index (κ3) is 3.78. The number of carbonyl (C=O) groups is 2. The lowest BCUT2D eigenvalue weighted by molar-refractivity contribution is -0.131. The topological polar surface area (TPSA) is 66.6 Å². The molecule has 0 aromatic rings. The van der Waals surface area contributed by atoms with Crippen LogP contribution in [0.1, 0.15) is 13.8 Å². The molecule has 0 atom stereocenters. The van der Waals surface area contributed by atoms with Crippen LogP contribution in [0.5, 0.6) is 0 Å². The molecule has 3 amide bonds. The largest absolute Gasteiger partial charge is 0.351 e. The quantitative estimate of drug-likeness (QED) is 0.666. The molecule has 0 saturated heterocycles. The first-order valence-corrected chi connectivity index (χ1v) is 4.31. The van der Waals surface area contributed by atoms with Crippen molar-refractivity contribution < 1.29 is 9.59 Å². The van der Waals surface area contributed by atoms with E-state index in [1.807, 2.05) is 13.8 Å². The zero-order valence-electron chi connectivity index (χ0n) is 8.41. The second kappa shape index (κ2) is 5.40. The first kappa shape index (κ1) is 11.7. The number of primary amides is 1. The van der Waals surface area contributed by atoms with Crippen LogP contribution in [0.3, 0.4) is 0 Å². The molecule has 0 aliphatic carbocycles. The molecule has 0 saturated carbocycles. The molecule has 0 radical (unpaired) electrons. The van der Waals surface area contributed by atoms with Gasteiger partial charge in [-0.1, -0.05) is 0 Å². The lowest BCUT2D eigenvalue weighted by Gasteiger charge is -2.21. The van der Waals surface area contributed by atoms with E-state index in [0.717, 1.165) is 0 Å². The van der Waals surface area contributed by atoms with Crippen LogP contribution in [-0.2, 0) is 4.79 Å². The van der Waals surface area contributed by atoms with E-state index in [1.54, 1.807) is 4.90 Å². The smallest absolute Gasteiger partial charge is 0.314 e. The van der Waals surface area contributed by atoms with Crippen LogP contribution in [0.4, 0.5) is 4.79 Å². The fraction of sp³-hybridized carbons (Fsp3) is 0.750. The summed E-state index contributed by atoms with van der Waals surface area (Å²) >= 11 is 0. The standard InChI is InChI=1S/C8H17N3O2/c1-4-11(5-2)7(12)6-10(3)8(9)13/h4-6H2,1-3H3,(H2,9,13). The van der Waals surface area contributed by atoms with Crippen LogP contribution in [0, 0.1) is 0 Å². The Balaban J connectivity index is 4.05. The van der Waals surface area contributed by atoms with Gasteiger partial charge in [-0.15, -0.1) is 0 Å². The Morgan fingerprint density at radius 1 is 1.23 bits per heavy atom. The number of rotatable bonds is 4. The van der Waals surface area contributed by atoms with Crippen molar-refractivity contribution in [2.75, 3.05) is 26.7 Å². The van der Waals surface area contributed by atoms with Gasteiger partial charge in [0.05, 0.1) is 0 Å². The molecule has 5 heteroatoms. The Morgan fingerprint density at radius 3 is 2.00 bits per heavy atom. The van der Waals surface area contributed by atoms with Gasteiger partial charge in [-0.2, -0.15) is 0 Å². The van der Waals surface area contributed by atoms with Crippen molar-refractivity contribution in [1.82, 2.24) is 9.80 Å². The summed E-state index contributed by atoms with van der Waals surface area (Å²) in [5, 5.41) is 0. The zero-order valence-corrected chi connectivity index (χ0v) is 8.41. The number of amides is 3. The van der Waals surface area contributed by atoms with Crippen molar-refractivity contribution >= 4 is 11.9 Å². The van der Waals surface area contributed by atoms with E-state index in [1.165, 1.54) is 11.9 Å². The SMILES string of the molecule is CCN(CC)C(=O)CN(C)C(N)=O. The molecule has 13 heavy (non-hydrogen) atoms. The summed E-state index contributed by atoms with van der Waals surface area (Å²) in [4.78, 5) is 24.9. The van der Waals surface area contributed by atoms with Crippen molar-refractivity contribution in [2.45, 2.75) is 13.8 Å². The lowest BCUT2D eigenvalue weighted by atomic mass is 10.4. The van der Waals surface area contributed by atoms with Gasteiger partial charge in [0.15, 0.2) is 0 Å². The molecule has 5 nitrogen and oxygen atoms in total. The molecule has 0 heterocycles. The van der Waals surface area contributed by atoms with Gasteiger partial charge in [0.25, 0.3) is 0 Å². The van der Waals surface area contributed by atoms with Crippen molar-refractivity contribution in [3.05, 3.63) is 0 Å². The van der Waals surface area contributed by atoms with Gasteiger partial charge in [0.1, 0.15) is 6.54 Å². The molecule has 0 aliphatic rings. The average molecular weight is 187 g/mol. The molecule has 0 bridgehead atoms. The number of carbonyl (C=O) groups excluding carboxylic acids is 2. The van der Waals surface area contributed by atoms with Crippen LogP contribution in [0.2, 0.25) is 0 Å². The average Bonchev–Trinajstić information content (AvgIpc) is 2.06. The monoisotopic (exact) mass is 187 g/mol. The number of likely N-dealkylation sites (N-methyl/N-ethyl adjacent to an activating group) is 2. The van der Waals surface area contributed by atoms with Gasteiger partial charge < -0.3 is 15.5 Å². The molecule has 0 rings (SSSR count). The highest BCUT2D eigenvalue weighted by atomic mass is 16.2. The molecular formula is C8H17N3O2. The fourth-order valence-corrected chi connectivity index (χ4v) is 0.957. The highest BCUT2D eigenvalue weighted by Gasteiger charge is 2.13. The Labute approximate surface area is 78.5 Å². The van der Waals surface area contributed by atoms with E-state index >= 15 is 0 Å². The first-order chi connectivity index (χ1) is 6.02. The van der Waals surface area contributed by atoms with Gasteiger partial charge in [0.2, 0.25) is 5.91 Å². The summed E-state index contributed by atoms with van der Waals surface area (Å²) in [5.74, 6) is -0.0775. The molecule has 0 aromatic carbocycles. The second-order valence-corrected chi connectivity index (χ2v) is 2.76. The minimum absolute atomic E-state index is 0.0526. The van der Waals surface area contributed by atoms with E-state index in [9.17, 15) is 9.59 Å². The summed E-state index contributed by atoms with van der Waals surface area (Å²) in [7, 11) is 1.50. The Bertz CT molecular complexity index is 190. The maximum absolute atomic E-state index is 11.4. The minimum Gasteiger partial charge on any atom is -0.351 e. The number of urea groups is 1. The third-order valence-electron chi connectivity index (χ3n) is 1.86. The van der Waals surface area contributed by atoms with Gasteiger partial charge in [0, 0.05) is 20.1 Å². The lowest BCUT2D eigenvalue weighted by Crippen LogP contribution is -2.42. The maximum atomic E-state index is 11.4. The van der Waals surface area contributed by atoms with Gasteiger partial charge in [-0.05, 0) is 13.8 Å². The summed E-state index contributed by atoms with van der Waals surface area (Å²) in [6.45, 7) is 5.15. The van der Waals surface area contributed by atoms with Gasteiger partial charge in [-0.3, -0.25) is 4.79 Å². The van der Waals surface area contributed by atoms with Crippen LogP contribution in [0.15, 0.2) is 0 Å². The molecular weight excluding hydrogens is 170 g/mol. The van der Waals surface area contributed by atoms with Crippen molar-refractivity contribution in [1.29, 1.82) is 0 Å². The Hall–Kier alpha value is -1.26. The molecule has 2 N–H and O–H groups in total. The van der Waals surface area contributed by atoms with Crippen LogP contribution >= 0.6 is 0 Å². The Morgan fingerprint density at radius 2 is 1.69 bits per heavy atom. The fourth-order valence-electron chi connectivity index (χ4n) is 0.957. The van der Waals surface area contributed by atoms with Gasteiger partial charge >= 0.3 is 6.03 Å².